The summed E-state index contributed by atoms with van der Waals surface area (Å²) in [5.41, 5.74) is 0. The zero-order chi connectivity index (χ0) is 9.23. The Kier molecular flexibility index (Phi) is 8.24. The molecule has 0 fully saturated rings. The predicted molar refractivity (Wildman–Crippen MR) is 52.7 cm³/mol. The van der Waals surface area contributed by atoms with Gasteiger partial charge >= 0.3 is 0 Å². The van der Waals surface area contributed by atoms with Crippen molar-refractivity contribution in [2.75, 3.05) is 0 Å². The van der Waals surface area contributed by atoms with Crippen LogP contribution in [0.15, 0.2) is 12.3 Å². The molecule has 0 saturated heterocycles. The topological polar surface area (TPSA) is 32.3 Å². The van der Waals surface area contributed by atoms with E-state index in [0.717, 1.165) is 12.8 Å². The first-order chi connectivity index (χ1) is 5.81. The number of rotatable bonds is 7. The van der Waals surface area contributed by atoms with Crippen LogP contribution in [-0.4, -0.2) is 11.3 Å². The van der Waals surface area contributed by atoms with Crippen LogP contribution in [0.2, 0.25) is 0 Å². The maximum atomic E-state index is 9.10. The average Bonchev–Trinajstić information content (AvgIpc) is 2.10. The summed E-state index contributed by atoms with van der Waals surface area (Å²) < 4.78 is 0. The van der Waals surface area contributed by atoms with Crippen LogP contribution in [0.5, 0.6) is 0 Å². The van der Waals surface area contributed by atoms with Crippen molar-refractivity contribution >= 4 is 0 Å². The molecule has 0 aliphatic heterocycles. The van der Waals surface area contributed by atoms with Crippen LogP contribution >= 0.6 is 0 Å². The highest BCUT2D eigenvalue weighted by Gasteiger charge is 1.91. The highest BCUT2D eigenvalue weighted by molar-refractivity contribution is 4.79. The van der Waals surface area contributed by atoms with E-state index in [4.69, 9.17) is 5.11 Å². The van der Waals surface area contributed by atoms with Gasteiger partial charge in [-0.05, 0) is 25.5 Å². The molecule has 0 spiro atoms. The summed E-state index contributed by atoms with van der Waals surface area (Å²) in [6.45, 7) is 4.14. The molecule has 72 valence electrons. The predicted octanol–water partition coefficient (Wildman–Crippen LogP) is 2.40. The lowest BCUT2D eigenvalue weighted by Crippen LogP contribution is -2.21. The van der Waals surface area contributed by atoms with Gasteiger partial charge in [-0.3, -0.25) is 0 Å². The zero-order valence-electron chi connectivity index (χ0n) is 8.21. The normalized spacial score (nSPS) is 13.6. The fraction of sp³-hybridized carbons (Fsp3) is 0.800. The molecule has 0 rings (SSSR count). The van der Waals surface area contributed by atoms with Crippen molar-refractivity contribution in [3.63, 3.8) is 0 Å². The fourth-order valence-electron chi connectivity index (χ4n) is 0.892. The van der Waals surface area contributed by atoms with Gasteiger partial charge in [-0.2, -0.15) is 0 Å². The first-order valence-corrected chi connectivity index (χ1v) is 4.90. The van der Waals surface area contributed by atoms with E-state index in [2.05, 4.69) is 18.3 Å². The molecule has 0 aliphatic rings. The van der Waals surface area contributed by atoms with Crippen molar-refractivity contribution in [1.82, 2.24) is 5.32 Å². The van der Waals surface area contributed by atoms with Crippen molar-refractivity contribution in [2.45, 2.75) is 52.2 Å². The largest absolute Gasteiger partial charge is 0.374 e. The molecule has 2 N–H and O–H groups in total. The van der Waals surface area contributed by atoms with Crippen molar-refractivity contribution in [3.8, 4) is 0 Å². The summed E-state index contributed by atoms with van der Waals surface area (Å²) in [5.74, 6) is 0. The number of hydrogen-bond donors (Lipinski definition) is 2. The molecule has 0 saturated carbocycles. The highest BCUT2D eigenvalue weighted by atomic mass is 16.3. The van der Waals surface area contributed by atoms with Crippen LogP contribution in [-0.2, 0) is 0 Å². The molecule has 0 bridgehead atoms. The second kappa shape index (κ2) is 8.60. The minimum absolute atomic E-state index is 0.382. The molecular formula is C10H21NO. The molecule has 0 aromatic carbocycles. The Hall–Kier alpha value is -0.500. The molecule has 0 radical (unpaired) electrons. The maximum absolute atomic E-state index is 9.10. The zero-order valence-corrected chi connectivity index (χ0v) is 8.21. The summed E-state index contributed by atoms with van der Waals surface area (Å²) in [6.07, 6.45) is 9.21. The second-order valence-corrected chi connectivity index (χ2v) is 2.99. The van der Waals surface area contributed by atoms with E-state index in [0.29, 0.717) is 0 Å². The van der Waals surface area contributed by atoms with Gasteiger partial charge in [-0.1, -0.05) is 32.8 Å². The van der Waals surface area contributed by atoms with E-state index in [1.165, 1.54) is 19.3 Å². The van der Waals surface area contributed by atoms with E-state index in [1.54, 1.807) is 0 Å². The van der Waals surface area contributed by atoms with Gasteiger partial charge in [-0.15, -0.1) is 0 Å². The SMILES string of the molecule is CCCCCC=CNC(O)CC. The minimum Gasteiger partial charge on any atom is -0.374 e. The lowest BCUT2D eigenvalue weighted by molar-refractivity contribution is 0.149. The number of allylic oxidation sites excluding steroid dienone is 1. The lowest BCUT2D eigenvalue weighted by Gasteiger charge is -2.05. The number of aliphatic hydroxyl groups is 1. The number of aliphatic hydroxyl groups excluding tert-OH is 1. The van der Waals surface area contributed by atoms with Crippen molar-refractivity contribution in [3.05, 3.63) is 12.3 Å². The third-order valence-corrected chi connectivity index (χ3v) is 1.77. The summed E-state index contributed by atoms with van der Waals surface area (Å²) in [7, 11) is 0. The maximum Gasteiger partial charge on any atom is 0.123 e. The summed E-state index contributed by atoms with van der Waals surface area (Å²) in [6, 6.07) is 0. The molecule has 2 nitrogen and oxygen atoms in total. The van der Waals surface area contributed by atoms with Gasteiger partial charge < -0.3 is 10.4 Å². The first-order valence-electron chi connectivity index (χ1n) is 4.90. The standard InChI is InChI=1S/C10H21NO/c1-3-5-6-7-8-9-11-10(12)4-2/h8-12H,3-7H2,1-2H3. The van der Waals surface area contributed by atoms with E-state index < -0.39 is 0 Å². The van der Waals surface area contributed by atoms with E-state index in [-0.39, 0.29) is 6.23 Å². The summed E-state index contributed by atoms with van der Waals surface area (Å²) in [5, 5.41) is 12.0. The monoisotopic (exact) mass is 171 g/mol. The molecule has 0 aliphatic carbocycles. The minimum atomic E-state index is -0.382. The van der Waals surface area contributed by atoms with Crippen LogP contribution in [0.25, 0.3) is 0 Å². The molecule has 1 unspecified atom stereocenters. The Morgan fingerprint density at radius 1 is 1.33 bits per heavy atom. The molecule has 0 aromatic heterocycles. The Morgan fingerprint density at radius 2 is 2.08 bits per heavy atom. The number of nitrogens with one attached hydrogen (secondary N) is 1. The molecule has 0 amide bonds. The van der Waals surface area contributed by atoms with Gasteiger partial charge in [0.25, 0.3) is 0 Å². The van der Waals surface area contributed by atoms with Crippen LogP contribution in [0.4, 0.5) is 0 Å². The average molecular weight is 171 g/mol. The van der Waals surface area contributed by atoms with E-state index in [9.17, 15) is 0 Å². The van der Waals surface area contributed by atoms with Gasteiger partial charge in [0.05, 0.1) is 0 Å². The van der Waals surface area contributed by atoms with E-state index >= 15 is 0 Å². The molecular weight excluding hydrogens is 150 g/mol. The second-order valence-electron chi connectivity index (χ2n) is 2.99. The molecule has 0 heterocycles. The Balaban J connectivity index is 3.13. The molecule has 0 aromatic rings. The molecule has 1 atom stereocenters. The Labute approximate surface area is 75.7 Å². The van der Waals surface area contributed by atoms with E-state index in [1.807, 2.05) is 13.1 Å². The number of unbranched alkanes of at least 4 members (excludes halogenated alkanes) is 3. The van der Waals surface area contributed by atoms with Crippen molar-refractivity contribution in [1.29, 1.82) is 0 Å². The lowest BCUT2D eigenvalue weighted by atomic mass is 10.2. The molecule has 12 heavy (non-hydrogen) atoms. The quantitative estimate of drug-likeness (QED) is 0.455. The van der Waals surface area contributed by atoms with Crippen molar-refractivity contribution in [2.24, 2.45) is 0 Å². The van der Waals surface area contributed by atoms with Crippen LogP contribution in [0.3, 0.4) is 0 Å². The highest BCUT2D eigenvalue weighted by Crippen LogP contribution is 1.98. The van der Waals surface area contributed by atoms with Gasteiger partial charge in [0.2, 0.25) is 0 Å². The van der Waals surface area contributed by atoms with Crippen LogP contribution < -0.4 is 5.32 Å². The van der Waals surface area contributed by atoms with Crippen LogP contribution in [0.1, 0.15) is 46.0 Å². The van der Waals surface area contributed by atoms with Gasteiger partial charge in [-0.25, -0.2) is 0 Å². The van der Waals surface area contributed by atoms with Gasteiger partial charge in [0.15, 0.2) is 0 Å². The van der Waals surface area contributed by atoms with Crippen LogP contribution in [0, 0.1) is 0 Å². The Morgan fingerprint density at radius 3 is 2.67 bits per heavy atom. The van der Waals surface area contributed by atoms with Gasteiger partial charge in [0.1, 0.15) is 6.23 Å². The number of hydrogen-bond acceptors (Lipinski definition) is 2. The summed E-state index contributed by atoms with van der Waals surface area (Å²) in [4.78, 5) is 0. The third-order valence-electron chi connectivity index (χ3n) is 1.77. The molecule has 2 heteroatoms. The third kappa shape index (κ3) is 7.61. The fourth-order valence-corrected chi connectivity index (χ4v) is 0.892. The van der Waals surface area contributed by atoms with Crippen molar-refractivity contribution < 1.29 is 5.11 Å². The summed E-state index contributed by atoms with van der Waals surface area (Å²) >= 11 is 0. The first kappa shape index (κ1) is 11.5. The van der Waals surface area contributed by atoms with Gasteiger partial charge in [0, 0.05) is 0 Å². The Bertz CT molecular complexity index is 112. The smallest absolute Gasteiger partial charge is 0.123 e.